The highest BCUT2D eigenvalue weighted by Gasteiger charge is 2.54. The van der Waals surface area contributed by atoms with Gasteiger partial charge in [0.15, 0.2) is 10.8 Å². The molecular formula is C14H14ClF3N6O8S2. The molecule has 0 spiro atoms. The van der Waals surface area contributed by atoms with E-state index in [0.29, 0.717) is 0 Å². The van der Waals surface area contributed by atoms with E-state index in [0.717, 1.165) is 18.4 Å². The second-order valence-electron chi connectivity index (χ2n) is 6.18. The number of hydrogen-bond acceptors (Lipinski definition) is 10. The summed E-state index contributed by atoms with van der Waals surface area (Å²) in [5.74, 6) is -6.00. The molecule has 1 aromatic heterocycles. The van der Waals surface area contributed by atoms with Crippen molar-refractivity contribution >= 4 is 67.7 Å². The van der Waals surface area contributed by atoms with E-state index in [4.69, 9.17) is 16.2 Å². The summed E-state index contributed by atoms with van der Waals surface area (Å²) in [6.45, 7) is -1.09. The number of carbonyl (C=O) groups is 4. The number of β-lactam (4-membered cyclic amide) rings is 1. The van der Waals surface area contributed by atoms with Gasteiger partial charge in [0.05, 0.1) is 6.04 Å². The van der Waals surface area contributed by atoms with Gasteiger partial charge in [-0.2, -0.15) is 21.6 Å². The molecule has 2 heterocycles. The predicted octanol–water partition coefficient (Wildman–Crippen LogP) is -1.15. The van der Waals surface area contributed by atoms with Gasteiger partial charge in [0, 0.05) is 11.9 Å². The van der Waals surface area contributed by atoms with E-state index >= 15 is 0 Å². The molecule has 4 amide bonds. The van der Waals surface area contributed by atoms with Crippen molar-refractivity contribution in [2.75, 3.05) is 24.9 Å². The lowest BCUT2D eigenvalue weighted by Gasteiger charge is -2.44. The van der Waals surface area contributed by atoms with E-state index in [1.165, 1.54) is 10.7 Å². The zero-order valence-corrected chi connectivity index (χ0v) is 19.0. The standard InChI is InChI=1S/C14H14ClF3N6O8S2/c1-32-23-8(5-4-33-13(20-5)21-7(25)2-15)10(26)22-9-6(3-19-12(28)14(16,17)18)24(11(9)27)34(29,30)31/h4,6,9H,2-3H2,1H3,(H,19,28)(H,22,26)(H,20,21,25)(H,29,30,31)/t6-,9+/m0/s1. The Balaban J connectivity index is 2.22. The van der Waals surface area contributed by atoms with Crippen molar-refractivity contribution in [3.05, 3.63) is 11.1 Å². The lowest BCUT2D eigenvalue weighted by atomic mass is 9.98. The summed E-state index contributed by atoms with van der Waals surface area (Å²) in [7, 11) is -4.17. The molecule has 2 rings (SSSR count). The summed E-state index contributed by atoms with van der Waals surface area (Å²) < 4.78 is 69.0. The van der Waals surface area contributed by atoms with Crippen LogP contribution in [0.3, 0.4) is 0 Å². The van der Waals surface area contributed by atoms with Crippen LogP contribution in [-0.4, -0.2) is 89.4 Å². The smallest absolute Gasteiger partial charge is 0.398 e. The fourth-order valence-electron chi connectivity index (χ4n) is 2.56. The van der Waals surface area contributed by atoms with Gasteiger partial charge < -0.3 is 20.8 Å². The van der Waals surface area contributed by atoms with E-state index in [9.17, 15) is 40.8 Å². The van der Waals surface area contributed by atoms with Crippen molar-refractivity contribution in [3.8, 4) is 0 Å². The van der Waals surface area contributed by atoms with Crippen LogP contribution < -0.4 is 16.0 Å². The number of oxime groups is 1. The molecule has 1 aliphatic rings. The van der Waals surface area contributed by atoms with Crippen LogP contribution in [0, 0.1) is 0 Å². The highest BCUT2D eigenvalue weighted by molar-refractivity contribution is 7.84. The molecule has 4 N–H and O–H groups in total. The van der Waals surface area contributed by atoms with Crippen LogP contribution in [-0.2, 0) is 34.3 Å². The van der Waals surface area contributed by atoms with Crippen LogP contribution >= 0.6 is 22.9 Å². The summed E-state index contributed by atoms with van der Waals surface area (Å²) >= 11 is 6.23. The zero-order valence-electron chi connectivity index (χ0n) is 16.6. The normalized spacial score (nSPS) is 18.7. The largest absolute Gasteiger partial charge is 0.471 e. The first-order valence-corrected chi connectivity index (χ1v) is 11.4. The number of anilines is 1. The van der Waals surface area contributed by atoms with Crippen molar-refractivity contribution in [2.45, 2.75) is 18.3 Å². The maximum atomic E-state index is 12.7. The molecule has 20 heteroatoms. The number of nitrogens with zero attached hydrogens (tertiary/aromatic N) is 3. The Morgan fingerprint density at radius 2 is 2.03 bits per heavy atom. The quantitative estimate of drug-likeness (QED) is 0.0964. The SMILES string of the molecule is CON=C(C(=O)N[C@H]1C(=O)N(S(=O)(=O)O)[C@H]1CNC(=O)C(F)(F)F)c1csc(NC(=O)CCl)n1. The molecule has 1 fully saturated rings. The molecule has 188 valence electrons. The van der Waals surface area contributed by atoms with Crippen LogP contribution in [0.25, 0.3) is 0 Å². The predicted molar refractivity (Wildman–Crippen MR) is 108 cm³/mol. The van der Waals surface area contributed by atoms with Gasteiger partial charge in [-0.1, -0.05) is 5.16 Å². The van der Waals surface area contributed by atoms with Crippen LogP contribution in [0.5, 0.6) is 0 Å². The highest BCUT2D eigenvalue weighted by atomic mass is 35.5. The van der Waals surface area contributed by atoms with Crippen molar-refractivity contribution < 1.29 is 50.2 Å². The topological polar surface area (TPSA) is 196 Å². The molecule has 0 bridgehead atoms. The fourth-order valence-corrected chi connectivity index (χ4v) is 4.21. The van der Waals surface area contributed by atoms with E-state index in [1.807, 2.05) is 5.32 Å². The average Bonchev–Trinajstić information content (AvgIpc) is 3.18. The van der Waals surface area contributed by atoms with Gasteiger partial charge in [-0.05, 0) is 0 Å². The van der Waals surface area contributed by atoms with E-state index in [2.05, 4.69) is 20.3 Å². The van der Waals surface area contributed by atoms with E-state index in [-0.39, 0.29) is 21.0 Å². The van der Waals surface area contributed by atoms with Gasteiger partial charge in [0.25, 0.3) is 11.8 Å². The lowest BCUT2D eigenvalue weighted by molar-refractivity contribution is -0.174. The zero-order chi connectivity index (χ0) is 25.8. The van der Waals surface area contributed by atoms with Crippen LogP contribution in [0.15, 0.2) is 10.5 Å². The van der Waals surface area contributed by atoms with Gasteiger partial charge in [0.2, 0.25) is 5.91 Å². The Morgan fingerprint density at radius 3 is 2.56 bits per heavy atom. The van der Waals surface area contributed by atoms with E-state index in [1.54, 1.807) is 0 Å². The minimum Gasteiger partial charge on any atom is -0.398 e. The van der Waals surface area contributed by atoms with Crippen molar-refractivity contribution in [2.24, 2.45) is 5.16 Å². The summed E-state index contributed by atoms with van der Waals surface area (Å²) in [6, 6.07) is -3.57. The maximum Gasteiger partial charge on any atom is 0.471 e. The van der Waals surface area contributed by atoms with E-state index < -0.39 is 64.4 Å². The minimum atomic E-state index is -5.31. The minimum absolute atomic E-state index is 0.0160. The summed E-state index contributed by atoms with van der Waals surface area (Å²) in [6.07, 6.45) is -5.31. The first-order chi connectivity index (χ1) is 15.7. The molecule has 34 heavy (non-hydrogen) atoms. The lowest BCUT2D eigenvalue weighted by Crippen LogP contribution is -2.74. The summed E-state index contributed by atoms with van der Waals surface area (Å²) in [5, 5.41) is 10.4. The molecule has 0 aliphatic carbocycles. The molecule has 1 saturated heterocycles. The van der Waals surface area contributed by atoms with Crippen molar-refractivity contribution in [1.82, 2.24) is 19.9 Å². The number of amides is 4. The Kier molecular flexibility index (Phi) is 8.40. The van der Waals surface area contributed by atoms with Crippen molar-refractivity contribution in [1.29, 1.82) is 0 Å². The number of carbonyl (C=O) groups excluding carboxylic acids is 4. The number of halogens is 4. The Morgan fingerprint density at radius 1 is 1.38 bits per heavy atom. The number of hydrogen-bond donors (Lipinski definition) is 4. The summed E-state index contributed by atoms with van der Waals surface area (Å²) in [4.78, 5) is 55.6. The molecule has 14 nitrogen and oxygen atoms in total. The Labute approximate surface area is 197 Å². The number of nitrogens with one attached hydrogen (secondary N) is 3. The second kappa shape index (κ2) is 10.5. The first kappa shape index (κ1) is 27.2. The van der Waals surface area contributed by atoms with Gasteiger partial charge >= 0.3 is 22.4 Å². The molecule has 0 aromatic carbocycles. The van der Waals surface area contributed by atoms with Crippen LogP contribution in [0.1, 0.15) is 5.69 Å². The molecule has 1 aliphatic heterocycles. The molecule has 2 atom stereocenters. The van der Waals surface area contributed by atoms with Gasteiger partial charge in [-0.25, -0.2) is 9.29 Å². The molecule has 0 unspecified atom stereocenters. The Bertz CT molecular complexity index is 1120. The number of rotatable bonds is 9. The fraction of sp³-hybridized carbons (Fsp3) is 0.429. The van der Waals surface area contributed by atoms with Crippen LogP contribution in [0.4, 0.5) is 18.3 Å². The second-order valence-corrected chi connectivity index (χ2v) is 8.59. The van der Waals surface area contributed by atoms with Gasteiger partial charge in [-0.3, -0.25) is 23.7 Å². The maximum absolute atomic E-state index is 12.7. The average molecular weight is 551 g/mol. The van der Waals surface area contributed by atoms with Gasteiger partial charge in [0.1, 0.15) is 24.7 Å². The molecule has 1 aromatic rings. The number of thiazole rings is 1. The molecular weight excluding hydrogens is 537 g/mol. The first-order valence-electron chi connectivity index (χ1n) is 8.60. The molecule has 0 saturated carbocycles. The number of aromatic nitrogens is 1. The number of alkyl halides is 4. The molecule has 0 radical (unpaired) electrons. The Hall–Kier alpha value is -3.03. The third-order valence-electron chi connectivity index (χ3n) is 3.95. The third-order valence-corrected chi connectivity index (χ3v) is 5.89. The monoisotopic (exact) mass is 550 g/mol. The van der Waals surface area contributed by atoms with Crippen LogP contribution in [0.2, 0.25) is 0 Å². The third kappa shape index (κ3) is 6.30. The summed E-state index contributed by atoms with van der Waals surface area (Å²) in [5.41, 5.74) is -0.712. The highest BCUT2D eigenvalue weighted by Crippen LogP contribution is 2.24. The van der Waals surface area contributed by atoms with Gasteiger partial charge in [-0.15, -0.1) is 22.9 Å². The van der Waals surface area contributed by atoms with Crippen molar-refractivity contribution in [3.63, 3.8) is 0 Å².